The number of benzene rings is 2. The van der Waals surface area contributed by atoms with Gasteiger partial charge in [-0.1, -0.05) is 35.0 Å². The minimum Gasteiger partial charge on any atom is -0.356 e. The summed E-state index contributed by atoms with van der Waals surface area (Å²) in [5.41, 5.74) is 4.87. The summed E-state index contributed by atoms with van der Waals surface area (Å²) in [6, 6.07) is 15.1. The van der Waals surface area contributed by atoms with Crippen LogP contribution in [-0.2, 0) is 6.54 Å². The zero-order valence-corrected chi connectivity index (χ0v) is 14.2. The number of aromatic nitrogens is 3. The number of fused-ring (bicyclic) bond motifs is 1. The lowest BCUT2D eigenvalue weighted by Gasteiger charge is -2.02. The Morgan fingerprint density at radius 3 is 2.72 bits per heavy atom. The van der Waals surface area contributed by atoms with Crippen LogP contribution < -0.4 is 5.32 Å². The van der Waals surface area contributed by atoms with Crippen molar-refractivity contribution in [2.45, 2.75) is 13.5 Å². The van der Waals surface area contributed by atoms with E-state index in [0.717, 1.165) is 28.3 Å². The fourth-order valence-electron chi connectivity index (χ4n) is 2.45. The van der Waals surface area contributed by atoms with E-state index in [9.17, 15) is 4.79 Å². The second-order valence-electron chi connectivity index (χ2n) is 5.70. The Hall–Kier alpha value is -3.06. The molecule has 0 fully saturated rings. The normalized spacial score (nSPS) is 10.9. The molecule has 4 aromatic rings. The summed E-state index contributed by atoms with van der Waals surface area (Å²) in [7, 11) is 0. The summed E-state index contributed by atoms with van der Waals surface area (Å²) >= 11 is 1.13. The van der Waals surface area contributed by atoms with Crippen molar-refractivity contribution in [1.29, 1.82) is 0 Å². The van der Waals surface area contributed by atoms with Crippen LogP contribution in [-0.4, -0.2) is 19.8 Å². The minimum atomic E-state index is -0.185. The van der Waals surface area contributed by atoms with Gasteiger partial charge in [-0.3, -0.25) is 4.79 Å². The summed E-state index contributed by atoms with van der Waals surface area (Å²) in [5, 5.41) is 6.85. The molecule has 0 unspecified atom stereocenters. The first-order valence-corrected chi connectivity index (χ1v) is 8.45. The molecule has 0 saturated carbocycles. The van der Waals surface area contributed by atoms with Crippen LogP contribution in [0, 0.1) is 6.92 Å². The summed E-state index contributed by atoms with van der Waals surface area (Å²) < 4.78 is 13.6. The van der Waals surface area contributed by atoms with E-state index in [0.29, 0.717) is 23.6 Å². The Labute approximate surface area is 147 Å². The van der Waals surface area contributed by atoms with Gasteiger partial charge in [0.15, 0.2) is 5.76 Å². The van der Waals surface area contributed by atoms with Crippen LogP contribution in [0.5, 0.6) is 0 Å². The second-order valence-corrected chi connectivity index (χ2v) is 6.23. The molecule has 1 N–H and O–H groups in total. The molecule has 7 heteroatoms. The van der Waals surface area contributed by atoms with Crippen LogP contribution in [0.1, 0.15) is 21.6 Å². The number of aryl methyl sites for hydroxylation is 1. The Morgan fingerprint density at radius 2 is 1.88 bits per heavy atom. The molecule has 0 atom stereocenters. The van der Waals surface area contributed by atoms with Gasteiger partial charge in [-0.15, -0.1) is 0 Å². The van der Waals surface area contributed by atoms with Gasteiger partial charge in [-0.2, -0.15) is 8.75 Å². The Bertz CT molecular complexity index is 1040. The molecule has 2 heterocycles. The number of carbonyl (C=O) groups excluding carboxylic acids is 1. The predicted molar refractivity (Wildman–Crippen MR) is 95.3 cm³/mol. The molecule has 2 aromatic heterocycles. The predicted octanol–water partition coefficient (Wildman–Crippen LogP) is 3.58. The average Bonchev–Trinajstić information content (AvgIpc) is 3.29. The van der Waals surface area contributed by atoms with Gasteiger partial charge in [0.25, 0.3) is 5.91 Å². The van der Waals surface area contributed by atoms with Gasteiger partial charge >= 0.3 is 0 Å². The average molecular weight is 350 g/mol. The maximum Gasteiger partial charge on any atom is 0.251 e. The number of nitrogens with one attached hydrogen (secondary N) is 1. The van der Waals surface area contributed by atoms with Crippen LogP contribution in [0.4, 0.5) is 0 Å². The zero-order chi connectivity index (χ0) is 17.2. The lowest BCUT2D eigenvalue weighted by molar-refractivity contribution is 0.0950. The van der Waals surface area contributed by atoms with Crippen LogP contribution in [0.15, 0.2) is 53.1 Å². The van der Waals surface area contributed by atoms with E-state index in [2.05, 4.69) is 19.2 Å². The van der Waals surface area contributed by atoms with E-state index in [1.165, 1.54) is 5.56 Å². The highest BCUT2D eigenvalue weighted by molar-refractivity contribution is 7.00. The van der Waals surface area contributed by atoms with Gasteiger partial charge in [0, 0.05) is 17.2 Å². The topological polar surface area (TPSA) is 80.9 Å². The van der Waals surface area contributed by atoms with Crippen LogP contribution in [0.2, 0.25) is 0 Å². The zero-order valence-electron chi connectivity index (χ0n) is 13.4. The molecule has 0 radical (unpaired) electrons. The number of nitrogens with zero attached hydrogens (tertiary/aromatic N) is 3. The highest BCUT2D eigenvalue weighted by Gasteiger charge is 2.11. The first-order valence-electron chi connectivity index (χ1n) is 7.72. The van der Waals surface area contributed by atoms with Gasteiger partial charge < -0.3 is 9.84 Å². The first kappa shape index (κ1) is 15.5. The van der Waals surface area contributed by atoms with Crippen molar-refractivity contribution in [3.8, 4) is 11.3 Å². The van der Waals surface area contributed by atoms with E-state index in [1.807, 2.05) is 37.3 Å². The third-order valence-corrected chi connectivity index (χ3v) is 4.40. The number of carbonyl (C=O) groups is 1. The lowest BCUT2D eigenvalue weighted by Crippen LogP contribution is -2.22. The van der Waals surface area contributed by atoms with Crippen LogP contribution in [0.25, 0.3) is 22.4 Å². The summed E-state index contributed by atoms with van der Waals surface area (Å²) in [4.78, 5) is 12.3. The fourth-order valence-corrected chi connectivity index (χ4v) is 2.96. The van der Waals surface area contributed by atoms with E-state index in [4.69, 9.17) is 4.52 Å². The largest absolute Gasteiger partial charge is 0.356 e. The van der Waals surface area contributed by atoms with Gasteiger partial charge in [0.2, 0.25) is 0 Å². The fraction of sp³-hybridized carbons (Fsp3) is 0.111. The van der Waals surface area contributed by atoms with Gasteiger partial charge in [-0.05, 0) is 25.1 Å². The molecule has 2 aromatic carbocycles. The third kappa shape index (κ3) is 3.27. The maximum atomic E-state index is 12.3. The van der Waals surface area contributed by atoms with Crippen molar-refractivity contribution in [3.05, 3.63) is 65.4 Å². The highest BCUT2D eigenvalue weighted by atomic mass is 32.1. The Morgan fingerprint density at radius 1 is 1.08 bits per heavy atom. The Balaban J connectivity index is 1.44. The highest BCUT2D eigenvalue weighted by Crippen LogP contribution is 2.20. The molecule has 0 aliphatic carbocycles. The molecular weight excluding hydrogens is 336 g/mol. The number of amides is 1. The third-order valence-electron chi connectivity index (χ3n) is 3.84. The van der Waals surface area contributed by atoms with Crippen molar-refractivity contribution >= 4 is 28.7 Å². The molecule has 124 valence electrons. The van der Waals surface area contributed by atoms with Crippen LogP contribution in [0.3, 0.4) is 0 Å². The van der Waals surface area contributed by atoms with E-state index >= 15 is 0 Å². The molecule has 0 aliphatic rings. The molecule has 0 spiro atoms. The van der Waals surface area contributed by atoms with Gasteiger partial charge in [-0.25, -0.2) is 0 Å². The van der Waals surface area contributed by atoms with Gasteiger partial charge in [0.05, 0.1) is 18.3 Å². The molecule has 0 bridgehead atoms. The number of hydrogen-bond acceptors (Lipinski definition) is 6. The van der Waals surface area contributed by atoms with Crippen molar-refractivity contribution in [2.24, 2.45) is 0 Å². The maximum absolute atomic E-state index is 12.3. The molecule has 25 heavy (non-hydrogen) atoms. The molecular formula is C18H14N4O2S. The van der Waals surface area contributed by atoms with Crippen molar-refractivity contribution in [1.82, 2.24) is 19.2 Å². The molecule has 1 amide bonds. The molecule has 0 saturated heterocycles. The quantitative estimate of drug-likeness (QED) is 0.608. The minimum absolute atomic E-state index is 0.185. The number of hydrogen-bond donors (Lipinski definition) is 1. The second kappa shape index (κ2) is 6.45. The van der Waals surface area contributed by atoms with Crippen molar-refractivity contribution < 1.29 is 9.32 Å². The van der Waals surface area contributed by atoms with Crippen LogP contribution >= 0.6 is 11.7 Å². The number of rotatable bonds is 4. The lowest BCUT2D eigenvalue weighted by atomic mass is 10.1. The van der Waals surface area contributed by atoms with Gasteiger partial charge in [0.1, 0.15) is 16.7 Å². The van der Waals surface area contributed by atoms with E-state index in [-0.39, 0.29) is 5.91 Å². The Kier molecular flexibility index (Phi) is 3.99. The summed E-state index contributed by atoms with van der Waals surface area (Å²) in [5.74, 6) is 0.494. The molecule has 0 aliphatic heterocycles. The monoisotopic (exact) mass is 350 g/mol. The standard InChI is InChI=1S/C18H14N4O2S/c1-11-2-4-12(5-3-11)17-9-14(20-24-17)10-19-18(23)13-6-7-15-16(8-13)22-25-21-15/h2-9H,10H2,1H3,(H,19,23). The summed E-state index contributed by atoms with van der Waals surface area (Å²) in [6.07, 6.45) is 0. The molecule has 6 nitrogen and oxygen atoms in total. The van der Waals surface area contributed by atoms with E-state index in [1.54, 1.807) is 18.2 Å². The SMILES string of the molecule is Cc1ccc(-c2cc(CNC(=O)c3ccc4nsnc4c3)no2)cc1. The smallest absolute Gasteiger partial charge is 0.251 e. The summed E-state index contributed by atoms with van der Waals surface area (Å²) in [6.45, 7) is 2.33. The first-order chi connectivity index (χ1) is 12.2. The molecule has 4 rings (SSSR count). The van der Waals surface area contributed by atoms with Crippen molar-refractivity contribution in [3.63, 3.8) is 0 Å². The van der Waals surface area contributed by atoms with E-state index < -0.39 is 0 Å². The van der Waals surface area contributed by atoms with Crippen molar-refractivity contribution in [2.75, 3.05) is 0 Å².